The van der Waals surface area contributed by atoms with E-state index in [1.807, 2.05) is 0 Å². The molecular formula is C11H8F3NO3. The molecule has 2 heterocycles. The Bertz CT molecular complexity index is 483. The van der Waals surface area contributed by atoms with Crippen LogP contribution in [0.5, 0.6) is 0 Å². The average Bonchev–Trinajstić information content (AvgIpc) is 2.26. The third kappa shape index (κ3) is 2.49. The van der Waals surface area contributed by atoms with E-state index in [1.54, 1.807) is 0 Å². The van der Waals surface area contributed by atoms with Crippen molar-refractivity contribution in [3.63, 3.8) is 0 Å². The number of rotatable bonds is 1. The second kappa shape index (κ2) is 4.40. The third-order valence-electron chi connectivity index (χ3n) is 2.60. The number of ether oxygens (including phenoxy) is 1. The number of hydrogen-bond donors (Lipinski definition) is 0. The van der Waals surface area contributed by atoms with Gasteiger partial charge >= 0.3 is 18.1 Å². The van der Waals surface area contributed by atoms with Gasteiger partial charge in [-0.15, -0.1) is 0 Å². The molecule has 0 aromatic carbocycles. The SMILES string of the molecule is O=C1CC(c2cccnc2C(F)(F)F)CC(=O)O1. The lowest BCUT2D eigenvalue weighted by Crippen LogP contribution is -2.26. The minimum Gasteiger partial charge on any atom is -0.393 e. The van der Waals surface area contributed by atoms with Crippen molar-refractivity contribution >= 4 is 11.9 Å². The number of carbonyl (C=O) groups excluding carboxylic acids is 2. The molecule has 1 aromatic rings. The van der Waals surface area contributed by atoms with Crippen molar-refractivity contribution in [1.29, 1.82) is 0 Å². The molecule has 0 atom stereocenters. The van der Waals surface area contributed by atoms with Crippen LogP contribution in [-0.2, 0) is 20.5 Å². The molecule has 0 amide bonds. The van der Waals surface area contributed by atoms with Crippen LogP contribution < -0.4 is 0 Å². The summed E-state index contributed by atoms with van der Waals surface area (Å²) in [5.41, 5.74) is -1.20. The largest absolute Gasteiger partial charge is 0.433 e. The first-order chi connectivity index (χ1) is 8.38. The standard InChI is InChI=1S/C11H8F3NO3/c12-11(13,14)10-7(2-1-3-15-10)6-4-8(16)18-9(17)5-6/h1-3,6H,4-5H2. The summed E-state index contributed by atoms with van der Waals surface area (Å²) in [6.07, 6.45) is -4.09. The third-order valence-corrected chi connectivity index (χ3v) is 2.60. The van der Waals surface area contributed by atoms with Gasteiger partial charge in [0.15, 0.2) is 0 Å². The Kier molecular flexibility index (Phi) is 3.06. The molecule has 1 saturated heterocycles. The molecule has 18 heavy (non-hydrogen) atoms. The van der Waals surface area contributed by atoms with Gasteiger partial charge in [-0.2, -0.15) is 13.2 Å². The zero-order chi connectivity index (χ0) is 13.3. The fourth-order valence-corrected chi connectivity index (χ4v) is 1.89. The van der Waals surface area contributed by atoms with Gasteiger partial charge in [-0.05, 0) is 11.6 Å². The fraction of sp³-hybridized carbons (Fsp3) is 0.364. The number of cyclic esters (lactones) is 2. The summed E-state index contributed by atoms with van der Waals surface area (Å²) in [4.78, 5) is 25.4. The molecule has 1 aromatic heterocycles. The van der Waals surface area contributed by atoms with Crippen molar-refractivity contribution in [2.24, 2.45) is 0 Å². The molecule has 2 rings (SSSR count). The molecule has 0 N–H and O–H groups in total. The lowest BCUT2D eigenvalue weighted by atomic mass is 9.90. The molecule has 1 fully saturated rings. The van der Waals surface area contributed by atoms with Crippen molar-refractivity contribution in [2.45, 2.75) is 24.9 Å². The molecule has 0 aliphatic carbocycles. The van der Waals surface area contributed by atoms with E-state index in [0.717, 1.165) is 6.20 Å². The second-order valence-corrected chi connectivity index (χ2v) is 3.89. The van der Waals surface area contributed by atoms with E-state index in [-0.39, 0.29) is 18.4 Å². The molecule has 4 nitrogen and oxygen atoms in total. The molecule has 7 heteroatoms. The minimum absolute atomic E-state index is 0.144. The van der Waals surface area contributed by atoms with Crippen molar-refractivity contribution in [2.75, 3.05) is 0 Å². The smallest absolute Gasteiger partial charge is 0.393 e. The van der Waals surface area contributed by atoms with Gasteiger partial charge < -0.3 is 4.74 Å². The number of carbonyl (C=O) groups is 2. The van der Waals surface area contributed by atoms with Gasteiger partial charge in [0.05, 0.1) is 12.8 Å². The maximum Gasteiger partial charge on any atom is 0.433 e. The molecule has 0 saturated carbocycles. The highest BCUT2D eigenvalue weighted by molar-refractivity contribution is 5.89. The van der Waals surface area contributed by atoms with Crippen LogP contribution in [0, 0.1) is 0 Å². The van der Waals surface area contributed by atoms with E-state index in [4.69, 9.17) is 0 Å². The van der Waals surface area contributed by atoms with Gasteiger partial charge in [0, 0.05) is 12.1 Å². The van der Waals surface area contributed by atoms with Gasteiger partial charge in [0.2, 0.25) is 0 Å². The van der Waals surface area contributed by atoms with Gasteiger partial charge in [0.1, 0.15) is 5.69 Å². The number of pyridine rings is 1. The maximum absolute atomic E-state index is 12.7. The van der Waals surface area contributed by atoms with Crippen molar-refractivity contribution in [3.8, 4) is 0 Å². The fourth-order valence-electron chi connectivity index (χ4n) is 1.89. The number of aromatic nitrogens is 1. The van der Waals surface area contributed by atoms with Crippen LogP contribution in [0.2, 0.25) is 0 Å². The van der Waals surface area contributed by atoms with Crippen LogP contribution in [-0.4, -0.2) is 16.9 Å². The van der Waals surface area contributed by atoms with Crippen LogP contribution in [0.25, 0.3) is 0 Å². The van der Waals surface area contributed by atoms with E-state index in [1.165, 1.54) is 12.1 Å². The maximum atomic E-state index is 12.7. The zero-order valence-electron chi connectivity index (χ0n) is 9.03. The molecule has 0 spiro atoms. The number of nitrogens with zero attached hydrogens (tertiary/aromatic N) is 1. The summed E-state index contributed by atoms with van der Waals surface area (Å²) in [5, 5.41) is 0. The first-order valence-electron chi connectivity index (χ1n) is 5.13. The van der Waals surface area contributed by atoms with E-state index >= 15 is 0 Å². The van der Waals surface area contributed by atoms with Gasteiger partial charge in [-0.25, -0.2) is 0 Å². The highest BCUT2D eigenvalue weighted by Crippen LogP contribution is 2.37. The average molecular weight is 259 g/mol. The van der Waals surface area contributed by atoms with Crippen LogP contribution in [0.1, 0.15) is 30.0 Å². The lowest BCUT2D eigenvalue weighted by molar-refractivity contribution is -0.164. The lowest BCUT2D eigenvalue weighted by Gasteiger charge is -2.22. The molecule has 1 aliphatic heterocycles. The number of alkyl halides is 3. The minimum atomic E-state index is -4.61. The van der Waals surface area contributed by atoms with E-state index < -0.39 is 29.7 Å². The number of esters is 2. The summed E-state index contributed by atoms with van der Waals surface area (Å²) in [6, 6.07) is 2.57. The Balaban J connectivity index is 2.39. The summed E-state index contributed by atoms with van der Waals surface area (Å²) >= 11 is 0. The van der Waals surface area contributed by atoms with Crippen LogP contribution in [0.3, 0.4) is 0 Å². The molecule has 96 valence electrons. The quantitative estimate of drug-likeness (QED) is 0.572. The van der Waals surface area contributed by atoms with E-state index in [0.29, 0.717) is 0 Å². The predicted octanol–water partition coefficient (Wildman–Crippen LogP) is 2.05. The van der Waals surface area contributed by atoms with Crippen molar-refractivity contribution in [1.82, 2.24) is 4.98 Å². The molecule has 0 radical (unpaired) electrons. The van der Waals surface area contributed by atoms with Crippen molar-refractivity contribution in [3.05, 3.63) is 29.6 Å². The Morgan fingerprint density at radius 1 is 1.22 bits per heavy atom. The van der Waals surface area contributed by atoms with E-state index in [9.17, 15) is 22.8 Å². The topological polar surface area (TPSA) is 56.3 Å². The summed E-state index contributed by atoms with van der Waals surface area (Å²) in [5.74, 6) is -2.45. The highest BCUT2D eigenvalue weighted by Gasteiger charge is 2.39. The van der Waals surface area contributed by atoms with Crippen LogP contribution >= 0.6 is 0 Å². The monoisotopic (exact) mass is 259 g/mol. The first-order valence-corrected chi connectivity index (χ1v) is 5.13. The summed E-state index contributed by atoms with van der Waals surface area (Å²) in [6.45, 7) is 0. The van der Waals surface area contributed by atoms with Crippen molar-refractivity contribution < 1.29 is 27.5 Å². The zero-order valence-corrected chi connectivity index (χ0v) is 9.03. The number of hydrogen-bond acceptors (Lipinski definition) is 4. The van der Waals surface area contributed by atoms with Crippen LogP contribution in [0.4, 0.5) is 13.2 Å². The Hall–Kier alpha value is -1.92. The Morgan fingerprint density at radius 2 is 1.83 bits per heavy atom. The normalized spacial score (nSPS) is 17.7. The van der Waals surface area contributed by atoms with Crippen LogP contribution in [0.15, 0.2) is 18.3 Å². The van der Waals surface area contributed by atoms with E-state index in [2.05, 4.69) is 9.72 Å². The molecule has 0 bridgehead atoms. The Labute approximate surface area is 99.8 Å². The molecular weight excluding hydrogens is 251 g/mol. The summed E-state index contributed by atoms with van der Waals surface area (Å²) in [7, 11) is 0. The van der Waals surface area contributed by atoms with Gasteiger partial charge in [0.25, 0.3) is 0 Å². The molecule has 0 unspecified atom stereocenters. The first kappa shape index (κ1) is 12.5. The van der Waals surface area contributed by atoms with Gasteiger partial charge in [-0.3, -0.25) is 14.6 Å². The van der Waals surface area contributed by atoms with Gasteiger partial charge in [-0.1, -0.05) is 6.07 Å². The second-order valence-electron chi connectivity index (χ2n) is 3.89. The summed E-state index contributed by atoms with van der Waals surface area (Å²) < 4.78 is 42.5. The number of halogens is 3. The molecule has 1 aliphatic rings. The predicted molar refractivity (Wildman–Crippen MR) is 52.3 cm³/mol. The highest BCUT2D eigenvalue weighted by atomic mass is 19.4. The Morgan fingerprint density at radius 3 is 2.39 bits per heavy atom.